The van der Waals surface area contributed by atoms with Crippen LogP contribution < -0.4 is 21.7 Å². The summed E-state index contributed by atoms with van der Waals surface area (Å²) in [5.74, 6) is 5.02. The van der Waals surface area contributed by atoms with Gasteiger partial charge in [-0.25, -0.2) is 4.67 Å². The van der Waals surface area contributed by atoms with Crippen molar-refractivity contribution in [3.8, 4) is 0 Å². The Morgan fingerprint density at radius 2 is 2.38 bits per heavy atom. The molecule has 0 amide bonds. The lowest BCUT2D eigenvalue weighted by atomic mass is 10.7. The molecule has 0 aromatic rings. The second kappa shape index (κ2) is 3.92. The van der Waals surface area contributed by atoms with Gasteiger partial charge in [0.2, 0.25) is 0 Å². The first kappa shape index (κ1) is 6.75. The number of rotatable bonds is 1. The second-order valence-corrected chi connectivity index (χ2v) is 1.04. The third-order valence-electron chi connectivity index (χ3n) is 0.467. The molecule has 0 unspecified atom stereocenters. The molecule has 0 aromatic heterocycles. The number of nitrogens with one attached hydrogen (secondary N) is 1. The van der Waals surface area contributed by atoms with Gasteiger partial charge < -0.3 is 0 Å². The topological polar surface area (TPSA) is 78.2 Å². The Morgan fingerprint density at radius 1 is 1.75 bits per heavy atom. The van der Waals surface area contributed by atoms with E-state index in [1.807, 2.05) is 0 Å². The maximum absolute atomic E-state index is 5.09. The van der Waals surface area contributed by atoms with Gasteiger partial charge in [-0.3, -0.25) is 5.73 Å². The van der Waals surface area contributed by atoms with E-state index in [1.54, 1.807) is 0 Å². The van der Waals surface area contributed by atoms with Gasteiger partial charge >= 0.3 is 5.96 Å². The zero-order valence-electron chi connectivity index (χ0n) is 4.46. The average molecular weight is 113 g/mol. The number of allylic oxidation sites excluding steroid dienone is 1. The Kier molecular flexibility index (Phi) is 3.31. The van der Waals surface area contributed by atoms with Crippen LogP contribution in [-0.4, -0.2) is 12.2 Å². The standard InChI is InChI=1S/C4H8N4/c1-2-3-7-4(5)8-6/h2-3H,1,6H2,(H2,5,8)/p+1. The van der Waals surface area contributed by atoms with Crippen molar-refractivity contribution in [2.75, 3.05) is 0 Å². The molecule has 44 valence electrons. The summed E-state index contributed by atoms with van der Waals surface area (Å²) < 4.78 is 3.58. The summed E-state index contributed by atoms with van der Waals surface area (Å²) in [5.41, 5.74) is 7.24. The van der Waals surface area contributed by atoms with Gasteiger partial charge in [-0.05, 0) is 6.08 Å². The summed E-state index contributed by atoms with van der Waals surface area (Å²) in [6, 6.07) is 0. The van der Waals surface area contributed by atoms with Gasteiger partial charge in [0, 0.05) is 0 Å². The molecule has 0 aromatic carbocycles. The predicted molar refractivity (Wildman–Crippen MR) is 34.9 cm³/mol. The van der Waals surface area contributed by atoms with E-state index in [4.69, 9.17) is 11.6 Å². The number of nitrogens with zero attached hydrogens (tertiary/aromatic N) is 1. The summed E-state index contributed by atoms with van der Waals surface area (Å²) in [6.45, 7) is 3.38. The molecule has 0 aliphatic carbocycles. The summed E-state index contributed by atoms with van der Waals surface area (Å²) in [5, 5.41) is 0. The Bertz CT molecular complexity index is 131. The zero-order valence-corrected chi connectivity index (χ0v) is 4.46. The quantitative estimate of drug-likeness (QED) is 0.122. The Labute approximate surface area is 47.6 Å². The molecule has 4 nitrogen and oxygen atoms in total. The van der Waals surface area contributed by atoms with Gasteiger partial charge in [-0.15, -0.1) is 0 Å². The minimum Gasteiger partial charge on any atom is -0.275 e. The van der Waals surface area contributed by atoms with Gasteiger partial charge in [0.25, 0.3) is 0 Å². The highest BCUT2D eigenvalue weighted by Crippen LogP contribution is 1.39. The summed E-state index contributed by atoms with van der Waals surface area (Å²) in [4.78, 5) is 0. The highest BCUT2D eigenvalue weighted by atomic mass is 15.3. The van der Waals surface area contributed by atoms with Crippen molar-refractivity contribution in [3.05, 3.63) is 12.7 Å². The molecule has 8 heavy (non-hydrogen) atoms. The van der Waals surface area contributed by atoms with Crippen LogP contribution in [0.3, 0.4) is 0 Å². The van der Waals surface area contributed by atoms with E-state index in [-0.39, 0.29) is 5.96 Å². The summed E-state index contributed by atoms with van der Waals surface area (Å²) in [6.07, 6.45) is 2.94. The predicted octanol–water partition coefficient (Wildman–Crippen LogP) is -1.91. The molecule has 0 aliphatic heterocycles. The molecule has 0 saturated heterocycles. The van der Waals surface area contributed by atoms with Crippen LogP contribution in [-0.2, 0) is 0 Å². The Hall–Kier alpha value is -1.25. The molecule has 0 spiro atoms. The molecule has 0 atom stereocenters. The SMILES string of the molecule is C=CC=[N+]=C(N)NN. The maximum atomic E-state index is 5.09. The van der Waals surface area contributed by atoms with Crippen molar-refractivity contribution in [1.82, 2.24) is 10.1 Å². The van der Waals surface area contributed by atoms with E-state index in [1.165, 1.54) is 12.3 Å². The van der Waals surface area contributed by atoms with Crippen LogP contribution in [0.5, 0.6) is 0 Å². The van der Waals surface area contributed by atoms with Crippen LogP contribution >= 0.6 is 0 Å². The van der Waals surface area contributed by atoms with E-state index in [9.17, 15) is 0 Å². The number of hydrogen-bond donors (Lipinski definition) is 3. The molecule has 0 rings (SSSR count). The number of hydrazine groups is 1. The summed E-state index contributed by atoms with van der Waals surface area (Å²) in [7, 11) is 0. The van der Waals surface area contributed by atoms with Crippen LogP contribution in [0.1, 0.15) is 0 Å². The normalized spacial score (nSPS) is 6.62. The van der Waals surface area contributed by atoms with Crippen LogP contribution in [0, 0.1) is 0 Å². The minimum atomic E-state index is 0.171. The highest BCUT2D eigenvalue weighted by Gasteiger charge is 1.86. The molecule has 4 heteroatoms. The lowest BCUT2D eigenvalue weighted by Gasteiger charge is -1.76. The van der Waals surface area contributed by atoms with Crippen molar-refractivity contribution < 1.29 is 0 Å². The minimum absolute atomic E-state index is 0.171. The third-order valence-corrected chi connectivity index (χ3v) is 0.467. The molecule has 0 radical (unpaired) electrons. The van der Waals surface area contributed by atoms with Crippen molar-refractivity contribution >= 4 is 12.2 Å². The smallest absolute Gasteiger partial charge is 0.275 e. The lowest BCUT2D eigenvalue weighted by molar-refractivity contribution is 1.01. The maximum Gasteiger partial charge on any atom is 0.453 e. The van der Waals surface area contributed by atoms with Gasteiger partial charge in [-0.2, -0.15) is 11.3 Å². The van der Waals surface area contributed by atoms with E-state index in [0.29, 0.717) is 0 Å². The Balaban J connectivity index is 3.90. The van der Waals surface area contributed by atoms with Gasteiger partial charge in [-0.1, -0.05) is 6.58 Å². The van der Waals surface area contributed by atoms with Crippen molar-refractivity contribution in [1.29, 1.82) is 0 Å². The lowest BCUT2D eigenvalue weighted by Crippen LogP contribution is -2.38. The van der Waals surface area contributed by atoms with Crippen LogP contribution in [0.2, 0.25) is 0 Å². The summed E-state index contributed by atoms with van der Waals surface area (Å²) >= 11 is 0. The fraction of sp³-hybridized carbons (Fsp3) is 0. The van der Waals surface area contributed by atoms with Crippen LogP contribution in [0.4, 0.5) is 0 Å². The van der Waals surface area contributed by atoms with Gasteiger partial charge in [0.15, 0.2) is 6.21 Å². The third kappa shape index (κ3) is 2.96. The molecule has 0 saturated carbocycles. The van der Waals surface area contributed by atoms with E-state index >= 15 is 0 Å². The number of hydrogen-bond acceptors (Lipinski definition) is 1. The molecular weight excluding hydrogens is 104 g/mol. The van der Waals surface area contributed by atoms with Crippen molar-refractivity contribution in [2.24, 2.45) is 11.6 Å². The molecule has 0 bridgehead atoms. The molecular formula is C4H9N4+. The zero-order chi connectivity index (χ0) is 6.41. The van der Waals surface area contributed by atoms with E-state index < -0.39 is 0 Å². The van der Waals surface area contributed by atoms with Gasteiger partial charge in [0.05, 0.1) is 0 Å². The fourth-order valence-corrected chi connectivity index (χ4v) is 0.170. The molecule has 0 fully saturated rings. The first-order valence-electron chi connectivity index (χ1n) is 2.05. The first-order chi connectivity index (χ1) is 3.81. The number of nitrogens with two attached hydrogens (primary N) is 2. The van der Waals surface area contributed by atoms with Gasteiger partial charge in [0.1, 0.15) is 0 Å². The average Bonchev–Trinajstić information content (AvgIpc) is 1.83. The second-order valence-electron chi connectivity index (χ2n) is 1.04. The fourth-order valence-electron chi connectivity index (χ4n) is 0.170. The van der Waals surface area contributed by atoms with E-state index in [2.05, 4.69) is 16.7 Å². The Morgan fingerprint density at radius 3 is 2.75 bits per heavy atom. The highest BCUT2D eigenvalue weighted by molar-refractivity contribution is 5.82. The monoisotopic (exact) mass is 113 g/mol. The van der Waals surface area contributed by atoms with Crippen LogP contribution in [0.15, 0.2) is 12.7 Å². The van der Waals surface area contributed by atoms with E-state index in [0.717, 1.165) is 0 Å². The molecule has 5 N–H and O–H groups in total. The molecule has 0 heterocycles. The molecule has 0 aliphatic rings. The van der Waals surface area contributed by atoms with Crippen molar-refractivity contribution in [2.45, 2.75) is 0 Å². The van der Waals surface area contributed by atoms with Crippen molar-refractivity contribution in [3.63, 3.8) is 0 Å². The number of guanidine groups is 1. The largest absolute Gasteiger partial charge is 0.453 e. The first-order valence-corrected chi connectivity index (χ1v) is 2.05. The van der Waals surface area contributed by atoms with Crippen LogP contribution in [0.25, 0.3) is 0 Å².